The van der Waals surface area contributed by atoms with Crippen LogP contribution in [0, 0.1) is 29.6 Å². The van der Waals surface area contributed by atoms with Crippen LogP contribution in [0.1, 0.15) is 5.69 Å². The normalized spacial score (nSPS) is 8.25. The Morgan fingerprint density at radius 3 is 2.67 bits per heavy atom. The molecule has 0 saturated carbocycles. The monoisotopic (exact) mass is 159 g/mol. The predicted molar refractivity (Wildman–Crippen MR) is 40.3 cm³/mol. The summed E-state index contributed by atoms with van der Waals surface area (Å²) in [6, 6.07) is 3.42. The maximum atomic E-state index is 8.38. The molecule has 0 saturated heterocycles. The van der Waals surface area contributed by atoms with Gasteiger partial charge in [-0.2, -0.15) is 25.5 Å². The van der Waals surface area contributed by atoms with E-state index in [0.29, 0.717) is 0 Å². The first-order valence-electron chi connectivity index (χ1n) is 3.16. The molecule has 5 heteroatoms. The van der Waals surface area contributed by atoms with Gasteiger partial charge in [0.2, 0.25) is 0 Å². The molecule has 0 N–H and O–H groups in total. The summed E-state index contributed by atoms with van der Waals surface area (Å²) in [4.78, 5) is 1.19. The van der Waals surface area contributed by atoms with E-state index in [2.05, 4.69) is 10.2 Å². The van der Waals surface area contributed by atoms with Crippen molar-refractivity contribution in [2.24, 2.45) is 0 Å². The highest BCUT2D eigenvalue weighted by Gasteiger charge is 1.94. The molecule has 0 aromatic carbocycles. The summed E-state index contributed by atoms with van der Waals surface area (Å²) in [5.74, 6) is 0. The summed E-state index contributed by atoms with van der Waals surface area (Å²) >= 11 is 0. The fraction of sp³-hybridized carbons (Fsp3) is 0.143. The minimum Gasteiger partial charge on any atom is -0.192 e. The molecule has 0 atom stereocenters. The second kappa shape index (κ2) is 3.31. The van der Waals surface area contributed by atoms with Crippen LogP contribution < -0.4 is 0 Å². The Balaban J connectivity index is 2.97. The minimum absolute atomic E-state index is 0.0226. The van der Waals surface area contributed by atoms with Crippen molar-refractivity contribution in [3.63, 3.8) is 0 Å². The quantitative estimate of drug-likeness (QED) is 0.558. The summed E-state index contributed by atoms with van der Waals surface area (Å²) < 4.78 is 0. The zero-order valence-corrected chi connectivity index (χ0v) is 6.39. The Morgan fingerprint density at radius 2 is 2.25 bits per heavy atom. The van der Waals surface area contributed by atoms with Crippen molar-refractivity contribution >= 4 is 6.20 Å². The lowest BCUT2D eigenvalue weighted by molar-refractivity contribution is 0.787. The summed E-state index contributed by atoms with van der Waals surface area (Å²) in [6.07, 6.45) is 2.82. The van der Waals surface area contributed by atoms with Crippen LogP contribution in [0.15, 0.2) is 11.8 Å². The van der Waals surface area contributed by atoms with Gasteiger partial charge in [-0.1, -0.05) is 0 Å². The molecule has 0 bridgehead atoms. The van der Waals surface area contributed by atoms with E-state index in [9.17, 15) is 0 Å². The van der Waals surface area contributed by atoms with Crippen LogP contribution >= 0.6 is 0 Å². The third-order valence-corrected chi connectivity index (χ3v) is 1.11. The Labute approximate surface area is 69.1 Å². The zero-order chi connectivity index (χ0) is 8.97. The van der Waals surface area contributed by atoms with Crippen molar-refractivity contribution in [3.05, 3.63) is 17.5 Å². The number of nitriles is 2. The van der Waals surface area contributed by atoms with Gasteiger partial charge in [-0.25, -0.2) is 0 Å². The van der Waals surface area contributed by atoms with E-state index in [-0.39, 0.29) is 5.57 Å². The van der Waals surface area contributed by atoms with Crippen LogP contribution in [0.3, 0.4) is 0 Å². The number of rotatable bonds is 1. The van der Waals surface area contributed by atoms with Crippen LogP contribution in [-0.4, -0.2) is 15.0 Å². The molecular formula is C7H5N5. The van der Waals surface area contributed by atoms with Crippen molar-refractivity contribution in [2.45, 2.75) is 6.92 Å². The van der Waals surface area contributed by atoms with E-state index in [1.54, 1.807) is 25.3 Å². The lowest BCUT2D eigenvalue weighted by Crippen LogP contribution is -1.92. The van der Waals surface area contributed by atoms with Gasteiger partial charge in [-0.05, 0) is 6.92 Å². The number of aryl methyl sites for hydroxylation is 1. The van der Waals surface area contributed by atoms with Crippen molar-refractivity contribution in [3.8, 4) is 12.1 Å². The van der Waals surface area contributed by atoms with E-state index < -0.39 is 0 Å². The van der Waals surface area contributed by atoms with Gasteiger partial charge in [0, 0.05) is 0 Å². The van der Waals surface area contributed by atoms with E-state index in [0.717, 1.165) is 5.69 Å². The second-order valence-electron chi connectivity index (χ2n) is 2.07. The predicted octanol–water partition coefficient (Wildman–Crippen LogP) is 0.475. The number of hydrogen-bond acceptors (Lipinski definition) is 4. The largest absolute Gasteiger partial charge is 0.192 e. The number of allylic oxidation sites excluding steroid dienone is 1. The van der Waals surface area contributed by atoms with Gasteiger partial charge in [0.1, 0.15) is 17.7 Å². The molecule has 1 aromatic heterocycles. The molecule has 1 aromatic rings. The van der Waals surface area contributed by atoms with Crippen molar-refractivity contribution in [1.29, 1.82) is 10.5 Å². The highest BCUT2D eigenvalue weighted by atomic mass is 15.5. The average molecular weight is 159 g/mol. The molecule has 1 heterocycles. The van der Waals surface area contributed by atoms with E-state index in [1.807, 2.05) is 0 Å². The third kappa shape index (κ3) is 1.68. The fourth-order valence-electron chi connectivity index (χ4n) is 0.616. The lowest BCUT2D eigenvalue weighted by atomic mass is 10.4. The van der Waals surface area contributed by atoms with E-state index in [4.69, 9.17) is 10.5 Å². The molecule has 0 aliphatic carbocycles. The highest BCUT2D eigenvalue weighted by molar-refractivity contribution is 5.48. The Bertz CT molecular complexity index is 371. The first kappa shape index (κ1) is 7.96. The van der Waals surface area contributed by atoms with Crippen LogP contribution in [0.5, 0.6) is 0 Å². The van der Waals surface area contributed by atoms with E-state index in [1.165, 1.54) is 11.0 Å². The van der Waals surface area contributed by atoms with Gasteiger partial charge in [-0.3, -0.25) is 0 Å². The minimum atomic E-state index is -0.0226. The van der Waals surface area contributed by atoms with Crippen LogP contribution in [0.2, 0.25) is 0 Å². The van der Waals surface area contributed by atoms with Crippen LogP contribution in [-0.2, 0) is 0 Å². The maximum absolute atomic E-state index is 8.38. The Kier molecular flexibility index (Phi) is 2.20. The Hall–Kier alpha value is -2.14. The van der Waals surface area contributed by atoms with Crippen molar-refractivity contribution in [1.82, 2.24) is 15.0 Å². The second-order valence-corrected chi connectivity index (χ2v) is 2.07. The van der Waals surface area contributed by atoms with Gasteiger partial charge < -0.3 is 0 Å². The number of hydrogen-bond donors (Lipinski definition) is 0. The summed E-state index contributed by atoms with van der Waals surface area (Å²) in [5.41, 5.74) is 0.715. The van der Waals surface area contributed by atoms with Crippen LogP contribution in [0.4, 0.5) is 0 Å². The van der Waals surface area contributed by atoms with Crippen molar-refractivity contribution < 1.29 is 0 Å². The summed E-state index contributed by atoms with van der Waals surface area (Å²) in [5, 5.41) is 24.4. The van der Waals surface area contributed by atoms with Gasteiger partial charge in [-0.15, -0.1) is 0 Å². The van der Waals surface area contributed by atoms with E-state index >= 15 is 0 Å². The van der Waals surface area contributed by atoms with Gasteiger partial charge in [0.05, 0.1) is 18.1 Å². The molecule has 5 nitrogen and oxygen atoms in total. The molecule has 12 heavy (non-hydrogen) atoms. The molecule has 0 spiro atoms. The van der Waals surface area contributed by atoms with Crippen LogP contribution in [0.25, 0.3) is 6.20 Å². The highest BCUT2D eigenvalue weighted by Crippen LogP contribution is 1.93. The standard InChI is InChI=1S/C7H5N5/c1-6-4-10-12(11-6)5-7(2-8)3-9/h4-5H,1H3. The fourth-order valence-corrected chi connectivity index (χ4v) is 0.616. The molecule has 0 aliphatic rings. The summed E-state index contributed by atoms with van der Waals surface area (Å²) in [6.45, 7) is 1.77. The molecule has 58 valence electrons. The molecule has 0 aliphatic heterocycles. The molecular weight excluding hydrogens is 154 g/mol. The molecule has 1 rings (SSSR count). The van der Waals surface area contributed by atoms with Gasteiger partial charge in [0.25, 0.3) is 0 Å². The van der Waals surface area contributed by atoms with Crippen molar-refractivity contribution in [2.75, 3.05) is 0 Å². The first-order chi connectivity index (χ1) is 5.76. The SMILES string of the molecule is Cc1cnn(C=C(C#N)C#N)n1. The number of nitrogens with zero attached hydrogens (tertiary/aromatic N) is 5. The lowest BCUT2D eigenvalue weighted by Gasteiger charge is -1.85. The topological polar surface area (TPSA) is 78.3 Å². The average Bonchev–Trinajstić information content (AvgIpc) is 2.47. The Morgan fingerprint density at radius 1 is 1.58 bits per heavy atom. The number of aromatic nitrogens is 3. The van der Waals surface area contributed by atoms with Gasteiger partial charge in [0.15, 0.2) is 0 Å². The smallest absolute Gasteiger partial charge is 0.149 e. The zero-order valence-electron chi connectivity index (χ0n) is 6.39. The van der Waals surface area contributed by atoms with Gasteiger partial charge >= 0.3 is 0 Å². The molecule has 0 unspecified atom stereocenters. The summed E-state index contributed by atoms with van der Waals surface area (Å²) in [7, 11) is 0. The molecule has 0 fully saturated rings. The maximum Gasteiger partial charge on any atom is 0.149 e. The third-order valence-electron chi connectivity index (χ3n) is 1.11. The first-order valence-corrected chi connectivity index (χ1v) is 3.16. The molecule has 0 radical (unpaired) electrons. The molecule has 0 amide bonds.